The molecule has 0 aliphatic heterocycles. The highest BCUT2D eigenvalue weighted by molar-refractivity contribution is 7.17. The number of aromatic nitrogens is 2. The van der Waals surface area contributed by atoms with Crippen LogP contribution in [-0.4, -0.2) is 28.2 Å². The fourth-order valence-corrected chi connectivity index (χ4v) is 4.32. The minimum absolute atomic E-state index is 0.290. The molecule has 0 radical (unpaired) electrons. The first-order valence-electron chi connectivity index (χ1n) is 9.59. The van der Waals surface area contributed by atoms with Crippen molar-refractivity contribution in [2.75, 3.05) is 12.4 Å². The number of aliphatic hydroxyl groups is 1. The maximum Gasteiger partial charge on any atom is 0.158 e. The van der Waals surface area contributed by atoms with Crippen molar-refractivity contribution in [1.29, 1.82) is 0 Å². The summed E-state index contributed by atoms with van der Waals surface area (Å²) in [5.41, 5.74) is 2.74. The lowest BCUT2D eigenvalue weighted by Crippen LogP contribution is -2.25. The van der Waals surface area contributed by atoms with Gasteiger partial charge in [-0.2, -0.15) is 0 Å². The Morgan fingerprint density at radius 1 is 1.10 bits per heavy atom. The van der Waals surface area contributed by atoms with Crippen LogP contribution in [0, 0.1) is 5.82 Å². The summed E-state index contributed by atoms with van der Waals surface area (Å²) >= 11 is 1.55. The number of hydrogen-bond acceptors (Lipinski definition) is 6. The Morgan fingerprint density at radius 3 is 2.53 bits per heavy atom. The monoisotopic (exact) mass is 423 g/mol. The van der Waals surface area contributed by atoms with Gasteiger partial charge in [0.25, 0.3) is 0 Å². The van der Waals surface area contributed by atoms with E-state index in [1.165, 1.54) is 12.1 Å². The maximum atomic E-state index is 13.2. The number of methoxy groups -OCH3 is 1. The summed E-state index contributed by atoms with van der Waals surface area (Å²) in [5.74, 6) is 0.873. The lowest BCUT2D eigenvalue weighted by atomic mass is 10.0. The second-order valence-corrected chi connectivity index (χ2v) is 7.90. The molecule has 2 aromatic carbocycles. The molecular formula is C23H22FN3O2S. The van der Waals surface area contributed by atoms with Crippen molar-refractivity contribution in [2.24, 2.45) is 0 Å². The van der Waals surface area contributed by atoms with Crippen molar-refractivity contribution in [2.45, 2.75) is 25.7 Å². The van der Waals surface area contributed by atoms with Crippen LogP contribution in [0.4, 0.5) is 10.2 Å². The van der Waals surface area contributed by atoms with Crippen molar-refractivity contribution < 1.29 is 14.2 Å². The molecule has 0 amide bonds. The van der Waals surface area contributed by atoms with Crippen LogP contribution in [0.1, 0.15) is 24.4 Å². The molecule has 7 heteroatoms. The average Bonchev–Trinajstić information content (AvgIpc) is 3.19. The van der Waals surface area contributed by atoms with E-state index in [0.717, 1.165) is 21.3 Å². The van der Waals surface area contributed by atoms with Crippen LogP contribution < -0.4 is 5.32 Å². The van der Waals surface area contributed by atoms with Gasteiger partial charge in [0.2, 0.25) is 0 Å². The molecular weight excluding hydrogens is 401 g/mol. The molecule has 4 rings (SSSR count). The van der Waals surface area contributed by atoms with Gasteiger partial charge < -0.3 is 15.2 Å². The Hall–Kier alpha value is -2.87. The predicted molar refractivity (Wildman–Crippen MR) is 118 cm³/mol. The van der Waals surface area contributed by atoms with Gasteiger partial charge in [-0.25, -0.2) is 14.4 Å². The summed E-state index contributed by atoms with van der Waals surface area (Å²) in [4.78, 5) is 10.1. The van der Waals surface area contributed by atoms with Crippen molar-refractivity contribution in [1.82, 2.24) is 9.97 Å². The quantitative estimate of drug-likeness (QED) is 0.429. The highest BCUT2D eigenvalue weighted by Crippen LogP contribution is 2.37. The molecule has 30 heavy (non-hydrogen) atoms. The highest BCUT2D eigenvalue weighted by Gasteiger charge is 2.21. The van der Waals surface area contributed by atoms with E-state index in [-0.39, 0.29) is 18.5 Å². The number of hydrogen-bond donors (Lipinski definition) is 2. The van der Waals surface area contributed by atoms with Gasteiger partial charge in [0.05, 0.1) is 17.5 Å². The molecule has 4 aromatic rings. The average molecular weight is 424 g/mol. The van der Waals surface area contributed by atoms with E-state index in [0.29, 0.717) is 17.2 Å². The lowest BCUT2D eigenvalue weighted by Gasteiger charge is -2.22. The smallest absolute Gasteiger partial charge is 0.158 e. The van der Waals surface area contributed by atoms with Crippen LogP contribution in [0.5, 0.6) is 0 Å². The largest absolute Gasteiger partial charge is 0.386 e. The molecule has 0 spiro atoms. The SMILES string of the molecule is COCc1nc(NC(C)C(O)c2ccc(F)cc2)c2c(-c3ccccc3)csc2n1. The summed E-state index contributed by atoms with van der Waals surface area (Å²) in [6.45, 7) is 2.16. The number of rotatable bonds is 7. The molecule has 2 unspecified atom stereocenters. The molecule has 0 aliphatic carbocycles. The van der Waals surface area contributed by atoms with E-state index in [1.807, 2.05) is 37.3 Å². The van der Waals surface area contributed by atoms with Crippen LogP contribution >= 0.6 is 11.3 Å². The second-order valence-electron chi connectivity index (χ2n) is 7.05. The minimum Gasteiger partial charge on any atom is -0.386 e. The molecule has 2 atom stereocenters. The summed E-state index contributed by atoms with van der Waals surface area (Å²) in [5, 5.41) is 17.1. The Labute approximate surface area is 178 Å². The number of nitrogens with one attached hydrogen (secondary N) is 1. The third kappa shape index (κ3) is 4.18. The third-order valence-electron chi connectivity index (χ3n) is 4.89. The number of anilines is 1. The van der Waals surface area contributed by atoms with Crippen LogP contribution in [0.15, 0.2) is 60.0 Å². The number of nitrogens with zero attached hydrogens (tertiary/aromatic N) is 2. The van der Waals surface area contributed by atoms with Gasteiger partial charge in [-0.15, -0.1) is 11.3 Å². The molecule has 0 fully saturated rings. The second kappa shape index (κ2) is 8.87. The van der Waals surface area contributed by atoms with Gasteiger partial charge in [-0.1, -0.05) is 42.5 Å². The van der Waals surface area contributed by atoms with E-state index in [9.17, 15) is 9.50 Å². The van der Waals surface area contributed by atoms with Crippen LogP contribution in [0.25, 0.3) is 21.3 Å². The van der Waals surface area contributed by atoms with Gasteiger partial charge in [-0.05, 0) is 30.2 Å². The lowest BCUT2D eigenvalue weighted by molar-refractivity contribution is 0.160. The van der Waals surface area contributed by atoms with Crippen molar-refractivity contribution >= 4 is 27.4 Å². The van der Waals surface area contributed by atoms with Gasteiger partial charge >= 0.3 is 0 Å². The molecule has 154 valence electrons. The van der Waals surface area contributed by atoms with E-state index in [2.05, 4.69) is 20.7 Å². The Kier molecular flexibility index (Phi) is 6.03. The fourth-order valence-electron chi connectivity index (χ4n) is 3.36. The molecule has 0 saturated carbocycles. The summed E-state index contributed by atoms with van der Waals surface area (Å²) in [6.07, 6.45) is -0.833. The van der Waals surface area contributed by atoms with E-state index < -0.39 is 6.10 Å². The number of aliphatic hydroxyl groups excluding tert-OH is 1. The normalized spacial score (nSPS) is 13.3. The minimum atomic E-state index is -0.833. The summed E-state index contributed by atoms with van der Waals surface area (Å²) in [6, 6.07) is 15.6. The number of fused-ring (bicyclic) bond motifs is 1. The number of ether oxygens (including phenoxy) is 1. The van der Waals surface area contributed by atoms with Crippen LogP contribution in [0.3, 0.4) is 0 Å². The fraction of sp³-hybridized carbons (Fsp3) is 0.217. The molecule has 0 bridgehead atoms. The molecule has 5 nitrogen and oxygen atoms in total. The Morgan fingerprint density at radius 2 is 1.83 bits per heavy atom. The third-order valence-corrected chi connectivity index (χ3v) is 5.76. The zero-order valence-electron chi connectivity index (χ0n) is 16.7. The predicted octanol–water partition coefficient (Wildman–Crippen LogP) is 5.18. The van der Waals surface area contributed by atoms with E-state index in [4.69, 9.17) is 4.74 Å². The highest BCUT2D eigenvalue weighted by atomic mass is 32.1. The van der Waals surface area contributed by atoms with Crippen LogP contribution in [0.2, 0.25) is 0 Å². The molecule has 2 N–H and O–H groups in total. The van der Waals surface area contributed by atoms with E-state index in [1.54, 1.807) is 30.6 Å². The summed E-state index contributed by atoms with van der Waals surface area (Å²) in [7, 11) is 1.60. The Balaban J connectivity index is 1.74. The number of benzene rings is 2. The molecule has 0 saturated heterocycles. The Bertz CT molecular complexity index is 1130. The van der Waals surface area contributed by atoms with Gasteiger partial charge in [0.1, 0.15) is 23.1 Å². The van der Waals surface area contributed by atoms with E-state index >= 15 is 0 Å². The van der Waals surface area contributed by atoms with Crippen molar-refractivity contribution in [3.8, 4) is 11.1 Å². The van der Waals surface area contributed by atoms with Gasteiger partial charge in [0.15, 0.2) is 5.82 Å². The topological polar surface area (TPSA) is 67.3 Å². The number of halogens is 1. The maximum absolute atomic E-state index is 13.2. The van der Waals surface area contributed by atoms with Crippen molar-refractivity contribution in [3.05, 3.63) is 77.2 Å². The molecule has 2 aromatic heterocycles. The first kappa shape index (κ1) is 20.4. The zero-order chi connectivity index (χ0) is 21.1. The zero-order valence-corrected chi connectivity index (χ0v) is 17.5. The van der Waals surface area contributed by atoms with Gasteiger partial charge in [0, 0.05) is 18.1 Å². The first-order valence-corrected chi connectivity index (χ1v) is 10.5. The van der Waals surface area contributed by atoms with Crippen molar-refractivity contribution in [3.63, 3.8) is 0 Å². The van der Waals surface area contributed by atoms with Crippen LogP contribution in [-0.2, 0) is 11.3 Å². The summed E-state index contributed by atoms with van der Waals surface area (Å²) < 4.78 is 18.5. The molecule has 2 heterocycles. The number of thiophene rings is 1. The first-order chi connectivity index (χ1) is 14.6. The standard InChI is InChI=1S/C23H22FN3O2S/c1-14(21(28)16-8-10-17(24)11-9-16)25-22-20-18(15-6-4-3-5-7-15)13-30-23(20)27-19(26-22)12-29-2/h3-11,13-14,21,28H,12H2,1-2H3,(H,25,26,27). The van der Waals surface area contributed by atoms with Gasteiger partial charge in [-0.3, -0.25) is 0 Å². The molecule has 0 aliphatic rings.